The van der Waals surface area contributed by atoms with Gasteiger partial charge in [0.25, 0.3) is 0 Å². The van der Waals surface area contributed by atoms with Crippen molar-refractivity contribution in [2.45, 2.75) is 25.2 Å². The van der Waals surface area contributed by atoms with Crippen molar-refractivity contribution in [3.8, 4) is 10.8 Å². The van der Waals surface area contributed by atoms with E-state index in [2.05, 4.69) is 4.98 Å². The Hall–Kier alpha value is -3.50. The highest BCUT2D eigenvalue weighted by Gasteiger charge is 2.49. The average Bonchev–Trinajstić information content (AvgIpc) is 3.52. The fourth-order valence-corrected chi connectivity index (χ4v) is 5.80. The van der Waals surface area contributed by atoms with Crippen LogP contribution in [0.1, 0.15) is 34.3 Å². The lowest BCUT2D eigenvalue weighted by molar-refractivity contribution is -0.128. The Balaban J connectivity index is 1.32. The predicted octanol–water partition coefficient (Wildman–Crippen LogP) is 4.51. The second kappa shape index (κ2) is 9.18. The number of carboxylic acids is 1. The maximum atomic E-state index is 13.9. The summed E-state index contributed by atoms with van der Waals surface area (Å²) in [6.45, 7) is 3.17. The van der Waals surface area contributed by atoms with Crippen molar-refractivity contribution in [1.82, 2.24) is 9.88 Å². The number of carboxylic acid groups (broad SMARTS) is 1. The maximum Gasteiger partial charge on any atom is 0.338 e. The number of thiazole rings is 1. The number of aromatic carboxylic acids is 1. The third-order valence-electron chi connectivity index (χ3n) is 6.61. The highest BCUT2D eigenvalue weighted by Crippen LogP contribution is 2.47. The van der Waals surface area contributed by atoms with Gasteiger partial charge in [0.05, 0.1) is 18.2 Å². The molecule has 8 nitrogen and oxygen atoms in total. The second-order valence-electron chi connectivity index (χ2n) is 8.91. The van der Waals surface area contributed by atoms with E-state index >= 15 is 0 Å². The number of hydrogen-bond donors (Lipinski definition) is 1. The van der Waals surface area contributed by atoms with Crippen LogP contribution in [0.2, 0.25) is 5.02 Å². The average molecular weight is 530 g/mol. The van der Waals surface area contributed by atoms with Crippen molar-refractivity contribution in [3.63, 3.8) is 0 Å². The fraction of sp³-hybridized carbons (Fsp3) is 0.280. The van der Waals surface area contributed by atoms with Crippen LogP contribution in [0.25, 0.3) is 0 Å². The van der Waals surface area contributed by atoms with Crippen molar-refractivity contribution in [2.24, 2.45) is 0 Å². The van der Waals surface area contributed by atoms with Crippen LogP contribution in [0, 0.1) is 5.82 Å². The van der Waals surface area contributed by atoms with Gasteiger partial charge in [-0.3, -0.25) is 9.59 Å². The summed E-state index contributed by atoms with van der Waals surface area (Å²) in [5, 5.41) is 10.4. The van der Waals surface area contributed by atoms with E-state index in [0.29, 0.717) is 34.7 Å². The van der Waals surface area contributed by atoms with Crippen molar-refractivity contribution >= 4 is 46.4 Å². The molecule has 36 heavy (non-hydrogen) atoms. The van der Waals surface area contributed by atoms with Crippen molar-refractivity contribution < 1.29 is 28.6 Å². The minimum Gasteiger partial charge on any atom is -0.478 e. The van der Waals surface area contributed by atoms with Crippen LogP contribution >= 0.6 is 22.9 Å². The largest absolute Gasteiger partial charge is 0.478 e. The number of nitrogens with zero attached hydrogens (tertiary/aromatic N) is 3. The number of fused-ring (bicyclic) bond motifs is 2. The number of aromatic nitrogens is 1. The first-order valence-electron chi connectivity index (χ1n) is 11.2. The Morgan fingerprint density at radius 3 is 2.72 bits per heavy atom. The third-order valence-corrected chi connectivity index (χ3v) is 7.72. The van der Waals surface area contributed by atoms with Gasteiger partial charge in [-0.2, -0.15) is 0 Å². The normalized spacial score (nSPS) is 18.5. The smallest absolute Gasteiger partial charge is 0.338 e. The summed E-state index contributed by atoms with van der Waals surface area (Å²) < 4.78 is 19.5. The summed E-state index contributed by atoms with van der Waals surface area (Å²) in [5.41, 5.74) is 0.959. The molecule has 0 radical (unpaired) electrons. The molecule has 2 aromatic carbocycles. The minimum atomic E-state index is -1.36. The van der Waals surface area contributed by atoms with Gasteiger partial charge < -0.3 is 19.6 Å². The standard InChI is InChI=1S/C25H21ClFN3O5S/c1-14(31)29-7-6-25(12-29)13-30(20-5-2-15(26)8-18(20)25)22(32)10-21-28-11-23(36-21)35-16-3-4-17(24(33)34)19(27)9-16/h2-5,8-9,11H,6-7,10,12-13H2,1H3,(H,33,34). The summed E-state index contributed by atoms with van der Waals surface area (Å²) in [7, 11) is 0. The topological polar surface area (TPSA) is 100 Å². The van der Waals surface area contributed by atoms with E-state index in [1.54, 1.807) is 22.8 Å². The Bertz CT molecular complexity index is 1400. The van der Waals surface area contributed by atoms with E-state index in [9.17, 15) is 18.8 Å². The van der Waals surface area contributed by atoms with Gasteiger partial charge in [-0.15, -0.1) is 0 Å². The van der Waals surface area contributed by atoms with Crippen LogP contribution in [0.5, 0.6) is 10.8 Å². The van der Waals surface area contributed by atoms with Gasteiger partial charge in [0.2, 0.25) is 16.9 Å². The molecular formula is C25H21ClFN3O5S. The lowest BCUT2D eigenvalue weighted by Crippen LogP contribution is -2.40. The molecule has 2 aliphatic heterocycles. The molecule has 1 spiro atoms. The van der Waals surface area contributed by atoms with Crippen LogP contribution in [0.3, 0.4) is 0 Å². The number of ether oxygens (including phenoxy) is 1. The second-order valence-corrected chi connectivity index (χ2v) is 10.4. The van der Waals surface area contributed by atoms with Crippen molar-refractivity contribution in [1.29, 1.82) is 0 Å². The van der Waals surface area contributed by atoms with Gasteiger partial charge in [0.15, 0.2) is 0 Å². The molecule has 186 valence electrons. The molecule has 11 heteroatoms. The molecule has 0 bridgehead atoms. The molecule has 0 aliphatic carbocycles. The molecular weight excluding hydrogens is 509 g/mol. The lowest BCUT2D eigenvalue weighted by Gasteiger charge is -2.25. The molecule has 1 fully saturated rings. The Kier molecular flexibility index (Phi) is 6.17. The number of likely N-dealkylation sites (tertiary alicyclic amines) is 1. The first-order chi connectivity index (χ1) is 17.1. The summed E-state index contributed by atoms with van der Waals surface area (Å²) in [5.74, 6) is -2.28. The monoisotopic (exact) mass is 529 g/mol. The highest BCUT2D eigenvalue weighted by molar-refractivity contribution is 7.13. The van der Waals surface area contributed by atoms with Crippen LogP contribution < -0.4 is 9.64 Å². The third kappa shape index (κ3) is 4.42. The van der Waals surface area contributed by atoms with Gasteiger partial charge in [-0.05, 0) is 42.3 Å². The van der Waals surface area contributed by atoms with Crippen molar-refractivity contribution in [2.75, 3.05) is 24.5 Å². The number of carbonyl (C=O) groups is 3. The zero-order valence-corrected chi connectivity index (χ0v) is 20.7. The van der Waals surface area contributed by atoms with Gasteiger partial charge in [-0.25, -0.2) is 14.2 Å². The van der Waals surface area contributed by atoms with E-state index in [4.69, 9.17) is 21.4 Å². The Morgan fingerprint density at radius 2 is 2.03 bits per heavy atom. The molecule has 3 heterocycles. The van der Waals surface area contributed by atoms with E-state index < -0.39 is 17.3 Å². The van der Waals surface area contributed by atoms with E-state index in [0.717, 1.165) is 41.1 Å². The summed E-state index contributed by atoms with van der Waals surface area (Å²) >= 11 is 7.43. The zero-order chi connectivity index (χ0) is 25.6. The van der Waals surface area contributed by atoms with Gasteiger partial charge in [0.1, 0.15) is 16.6 Å². The quantitative estimate of drug-likeness (QED) is 0.522. The molecule has 1 atom stereocenters. The summed E-state index contributed by atoms with van der Waals surface area (Å²) in [4.78, 5) is 44.1. The van der Waals surface area contributed by atoms with Crippen molar-refractivity contribution in [3.05, 3.63) is 69.6 Å². The summed E-state index contributed by atoms with van der Waals surface area (Å²) in [6.07, 6.45) is 2.22. The Morgan fingerprint density at radius 1 is 1.22 bits per heavy atom. The number of amides is 2. The van der Waals surface area contributed by atoms with E-state index in [-0.39, 0.29) is 29.4 Å². The van der Waals surface area contributed by atoms with E-state index in [1.807, 2.05) is 12.1 Å². The van der Waals surface area contributed by atoms with Crippen LogP contribution in [0.15, 0.2) is 42.6 Å². The first-order valence-corrected chi connectivity index (χ1v) is 12.4. The van der Waals surface area contributed by atoms with Crippen LogP contribution in [0.4, 0.5) is 10.1 Å². The molecule has 1 unspecified atom stereocenters. The molecule has 1 N–H and O–H groups in total. The molecule has 3 aromatic rings. The van der Waals surface area contributed by atoms with Gasteiger partial charge in [-0.1, -0.05) is 22.9 Å². The fourth-order valence-electron chi connectivity index (χ4n) is 4.85. The molecule has 0 saturated carbocycles. The molecule has 2 amide bonds. The predicted molar refractivity (Wildman–Crippen MR) is 132 cm³/mol. The van der Waals surface area contributed by atoms with Gasteiger partial charge in [0, 0.05) is 48.7 Å². The van der Waals surface area contributed by atoms with Crippen LogP contribution in [-0.4, -0.2) is 52.4 Å². The number of anilines is 1. The Labute approximate surface area is 214 Å². The molecule has 5 rings (SSSR count). The first kappa shape index (κ1) is 24.2. The SMILES string of the molecule is CC(=O)N1CCC2(C1)CN(C(=O)Cc1ncc(Oc3ccc(C(=O)O)c(F)c3)s1)c1ccc(Cl)cc12. The summed E-state index contributed by atoms with van der Waals surface area (Å²) in [6, 6.07) is 8.95. The number of hydrogen-bond acceptors (Lipinski definition) is 6. The zero-order valence-electron chi connectivity index (χ0n) is 19.2. The molecule has 2 aliphatic rings. The molecule has 1 aromatic heterocycles. The highest BCUT2D eigenvalue weighted by atomic mass is 35.5. The number of carbonyl (C=O) groups excluding carboxylic acids is 2. The van der Waals surface area contributed by atoms with Gasteiger partial charge >= 0.3 is 5.97 Å². The number of rotatable bonds is 5. The molecule has 1 saturated heterocycles. The maximum absolute atomic E-state index is 13.9. The number of benzene rings is 2. The van der Waals surface area contributed by atoms with Crippen LogP contribution in [-0.2, 0) is 21.4 Å². The number of halogens is 2. The lowest BCUT2D eigenvalue weighted by atomic mass is 9.81. The minimum absolute atomic E-state index is 0.00743. The van der Waals surface area contributed by atoms with E-state index in [1.165, 1.54) is 12.3 Å².